The van der Waals surface area contributed by atoms with E-state index in [-0.39, 0.29) is 6.71 Å². The highest BCUT2D eigenvalue weighted by Crippen LogP contribution is 2.47. The zero-order valence-corrected chi connectivity index (χ0v) is 52.0. The van der Waals surface area contributed by atoms with E-state index in [9.17, 15) is 0 Å². The lowest BCUT2D eigenvalue weighted by Gasteiger charge is -2.44. The van der Waals surface area contributed by atoms with Gasteiger partial charge in [0.1, 0.15) is 0 Å². The molecule has 8 nitrogen and oxygen atoms in total. The van der Waals surface area contributed by atoms with Crippen LogP contribution in [0.4, 0.5) is 34.1 Å². The number of benzene rings is 13. The van der Waals surface area contributed by atoms with Gasteiger partial charge in [-0.1, -0.05) is 231 Å². The van der Waals surface area contributed by atoms with Crippen molar-refractivity contribution in [3.8, 4) is 84.9 Å². The predicted octanol–water partition coefficient (Wildman–Crippen LogP) is 19.9. The number of fused-ring (bicyclic) bond motifs is 11. The molecule has 0 atom stereocenters. The Balaban J connectivity index is 0.793. The van der Waals surface area contributed by atoms with Crippen LogP contribution in [0.2, 0.25) is 0 Å². The van der Waals surface area contributed by atoms with Crippen molar-refractivity contribution in [3.05, 3.63) is 322 Å². The van der Waals surface area contributed by atoms with Crippen molar-refractivity contribution < 1.29 is 0 Å². The van der Waals surface area contributed by atoms with Gasteiger partial charge in [0.2, 0.25) is 0 Å². The third-order valence-corrected chi connectivity index (χ3v) is 20.0. The Kier molecular flexibility index (Phi) is 12.7. The summed E-state index contributed by atoms with van der Waals surface area (Å²) in [6, 6.07) is 115. The minimum atomic E-state index is 0.0433. The number of hydrogen-bond donors (Lipinski definition) is 0. The Hall–Kier alpha value is -12.4. The van der Waals surface area contributed by atoms with Gasteiger partial charge in [0.05, 0.1) is 28.1 Å². The second-order valence-corrected chi connectivity index (χ2v) is 25.3. The van der Waals surface area contributed by atoms with Crippen LogP contribution in [0.5, 0.6) is 0 Å². The average Bonchev–Trinajstić information content (AvgIpc) is 1.60. The highest BCUT2D eigenvalue weighted by molar-refractivity contribution is 7.26. The molecular formula is C85H53BN8S. The van der Waals surface area contributed by atoms with Gasteiger partial charge >= 0.3 is 0 Å². The van der Waals surface area contributed by atoms with Crippen molar-refractivity contribution in [2.45, 2.75) is 0 Å². The number of aromatic nitrogens is 6. The molecule has 2 aliphatic rings. The van der Waals surface area contributed by atoms with Crippen LogP contribution < -0.4 is 26.2 Å². The molecule has 2 aliphatic heterocycles. The molecule has 0 unspecified atom stereocenters. The average molecular weight is 1230 g/mol. The maximum atomic E-state index is 5.64. The summed E-state index contributed by atoms with van der Waals surface area (Å²) < 4.78 is 4.92. The summed E-state index contributed by atoms with van der Waals surface area (Å²) in [6.45, 7) is 0.0433. The normalized spacial score (nSPS) is 12.4. The molecule has 0 bridgehead atoms. The minimum absolute atomic E-state index is 0.0433. The lowest BCUT2D eigenvalue weighted by Crippen LogP contribution is -2.61. The van der Waals surface area contributed by atoms with Gasteiger partial charge in [-0.2, -0.15) is 0 Å². The van der Waals surface area contributed by atoms with Gasteiger partial charge in [0.15, 0.2) is 23.3 Å². The molecule has 10 heteroatoms. The van der Waals surface area contributed by atoms with E-state index < -0.39 is 0 Å². The first-order valence-electron chi connectivity index (χ1n) is 32.1. The summed E-state index contributed by atoms with van der Waals surface area (Å²) in [7, 11) is 0. The molecule has 442 valence electrons. The summed E-state index contributed by atoms with van der Waals surface area (Å²) in [5, 5.41) is 4.89. The van der Waals surface area contributed by atoms with Gasteiger partial charge in [-0.25, -0.2) is 24.9 Å². The zero-order valence-electron chi connectivity index (χ0n) is 51.2. The molecular weight excluding hydrogens is 1180 g/mol. The largest absolute Gasteiger partial charge is 0.311 e. The summed E-state index contributed by atoms with van der Waals surface area (Å²) >= 11 is 1.85. The standard InChI is InChI=1S/C85H53BN8S/c1-5-24-54(25-6-1)69-53-70(88-82(87-69)55-26-7-2-8-27-55)59-46-48-72(94-71-40-17-13-37-65(71)79-75(94)49-47-64-63-36-14-20-45-78(63)95-81(64)79)66(52-59)85-90-83(56-28-9-3-10-29-56)89-84(91-85)60-32-21-30-57(50-60)58-31-22-35-62(51-58)93-74-42-19-16-39-68(74)86-67-38-15-18-41-73(67)92(61-33-11-4-12-34-61)76-43-23-44-77(93)80(76)86/h1-53H. The highest BCUT2D eigenvalue weighted by atomic mass is 32.1. The van der Waals surface area contributed by atoms with Crippen LogP contribution in [0.1, 0.15) is 0 Å². The van der Waals surface area contributed by atoms with Gasteiger partial charge in [0, 0.05) is 98.4 Å². The molecule has 0 N–H and O–H groups in total. The van der Waals surface area contributed by atoms with Gasteiger partial charge in [0.25, 0.3) is 6.71 Å². The molecule has 6 heterocycles. The van der Waals surface area contributed by atoms with Crippen LogP contribution in [0.3, 0.4) is 0 Å². The quantitative estimate of drug-likeness (QED) is 0.126. The summed E-state index contributed by atoms with van der Waals surface area (Å²) in [6.07, 6.45) is 0. The fraction of sp³-hybridized carbons (Fsp3) is 0. The van der Waals surface area contributed by atoms with Crippen LogP contribution in [0.15, 0.2) is 322 Å². The van der Waals surface area contributed by atoms with Crippen molar-refractivity contribution in [2.75, 3.05) is 9.80 Å². The Morgan fingerprint density at radius 3 is 1.51 bits per heavy atom. The first-order valence-corrected chi connectivity index (χ1v) is 32.9. The van der Waals surface area contributed by atoms with E-state index in [2.05, 4.69) is 293 Å². The number of anilines is 6. The Labute approximate surface area is 552 Å². The SMILES string of the molecule is c1ccc(-c2cc(-c3ccc(-n4c5ccccc5c5c6sc7ccccc7c6ccc54)c(-c4nc(-c5ccccc5)nc(-c5cccc(-c6cccc(N7c8ccccc8B8c9ccccc9N(c9ccccc9)c9cccc7c98)c6)c5)n4)c3)nc(-c3ccccc3)n2)cc1. The van der Waals surface area contributed by atoms with Gasteiger partial charge in [-0.3, -0.25) is 0 Å². The Morgan fingerprint density at radius 1 is 0.284 bits per heavy atom. The molecule has 95 heavy (non-hydrogen) atoms. The van der Waals surface area contributed by atoms with E-state index in [1.165, 1.54) is 58.7 Å². The van der Waals surface area contributed by atoms with E-state index in [4.69, 9.17) is 24.9 Å². The summed E-state index contributed by atoms with van der Waals surface area (Å²) in [5.74, 6) is 2.27. The smallest absolute Gasteiger partial charge is 0.252 e. The van der Waals surface area contributed by atoms with E-state index >= 15 is 0 Å². The molecule has 17 aromatic rings. The third kappa shape index (κ3) is 9.02. The van der Waals surface area contributed by atoms with Crippen molar-refractivity contribution in [1.82, 2.24) is 29.5 Å². The molecule has 0 aliphatic carbocycles. The number of thiophene rings is 1. The van der Waals surface area contributed by atoms with Crippen LogP contribution in [-0.4, -0.2) is 36.2 Å². The van der Waals surface area contributed by atoms with Crippen molar-refractivity contribution in [3.63, 3.8) is 0 Å². The topological polar surface area (TPSA) is 75.9 Å². The monoisotopic (exact) mass is 1230 g/mol. The maximum Gasteiger partial charge on any atom is 0.252 e. The van der Waals surface area contributed by atoms with E-state index in [1.807, 2.05) is 53.8 Å². The van der Waals surface area contributed by atoms with Crippen LogP contribution in [-0.2, 0) is 0 Å². The molecule has 0 fully saturated rings. The lowest BCUT2D eigenvalue weighted by atomic mass is 9.33. The molecule has 4 aromatic heterocycles. The molecule has 0 spiro atoms. The lowest BCUT2D eigenvalue weighted by molar-refractivity contribution is 1.06. The van der Waals surface area contributed by atoms with Crippen LogP contribution in [0.25, 0.3) is 127 Å². The first-order chi connectivity index (χ1) is 47.1. The highest BCUT2D eigenvalue weighted by Gasteiger charge is 2.43. The number of rotatable bonds is 10. The first kappa shape index (κ1) is 54.4. The zero-order chi connectivity index (χ0) is 62.5. The molecule has 0 radical (unpaired) electrons. The van der Waals surface area contributed by atoms with E-state index in [0.29, 0.717) is 23.3 Å². The molecule has 0 saturated heterocycles. The van der Waals surface area contributed by atoms with Gasteiger partial charge in [-0.15, -0.1) is 11.3 Å². The predicted molar refractivity (Wildman–Crippen MR) is 395 cm³/mol. The van der Waals surface area contributed by atoms with Gasteiger partial charge < -0.3 is 14.4 Å². The van der Waals surface area contributed by atoms with Crippen LogP contribution in [0, 0.1) is 0 Å². The maximum absolute atomic E-state index is 5.64. The molecule has 0 amide bonds. The minimum Gasteiger partial charge on any atom is -0.311 e. The number of hydrogen-bond acceptors (Lipinski definition) is 8. The number of nitrogens with zero attached hydrogens (tertiary/aromatic N) is 8. The Morgan fingerprint density at radius 2 is 0.789 bits per heavy atom. The van der Waals surface area contributed by atoms with Gasteiger partial charge in [-0.05, 0) is 119 Å². The summed E-state index contributed by atoms with van der Waals surface area (Å²) in [5.41, 5.74) is 22.9. The molecule has 19 rings (SSSR count). The second kappa shape index (κ2) is 22.2. The molecule has 0 saturated carbocycles. The fourth-order valence-electron chi connectivity index (χ4n) is 14.6. The van der Waals surface area contributed by atoms with Crippen molar-refractivity contribution in [2.24, 2.45) is 0 Å². The van der Waals surface area contributed by atoms with Crippen molar-refractivity contribution in [1.29, 1.82) is 0 Å². The van der Waals surface area contributed by atoms with E-state index in [0.717, 1.165) is 95.4 Å². The van der Waals surface area contributed by atoms with E-state index in [1.54, 1.807) is 0 Å². The summed E-state index contributed by atoms with van der Waals surface area (Å²) in [4.78, 5) is 32.0. The fourth-order valence-corrected chi connectivity index (χ4v) is 15.9. The molecule has 13 aromatic carbocycles. The van der Waals surface area contributed by atoms with Crippen molar-refractivity contribution >= 4 is 111 Å². The third-order valence-electron chi connectivity index (χ3n) is 18.8. The van der Waals surface area contributed by atoms with Crippen LogP contribution >= 0.6 is 11.3 Å². The number of para-hydroxylation sites is 4. The second-order valence-electron chi connectivity index (χ2n) is 24.3. The Bertz CT molecular complexity index is 5840.